The molecule has 1 unspecified atom stereocenters. The molecule has 23 heavy (non-hydrogen) atoms. The zero-order chi connectivity index (χ0) is 15.8. The number of fused-ring (bicyclic) bond motifs is 2. The first-order chi connectivity index (χ1) is 11.2. The molecule has 0 aliphatic carbocycles. The van der Waals surface area contributed by atoms with Crippen molar-refractivity contribution in [3.8, 4) is 0 Å². The van der Waals surface area contributed by atoms with E-state index in [-0.39, 0.29) is 0 Å². The van der Waals surface area contributed by atoms with Crippen LogP contribution in [0, 0.1) is 0 Å². The number of nitrogens with one attached hydrogen (secondary N) is 1. The van der Waals surface area contributed by atoms with E-state index >= 15 is 0 Å². The Morgan fingerprint density at radius 2 is 2.04 bits per heavy atom. The van der Waals surface area contributed by atoms with Gasteiger partial charge in [-0.15, -0.1) is 10.2 Å². The normalized spacial score (nSPS) is 17.4. The lowest BCUT2D eigenvalue weighted by Gasteiger charge is -2.26. The molecule has 0 amide bonds. The number of aromatic nitrogens is 5. The van der Waals surface area contributed by atoms with Gasteiger partial charge >= 0.3 is 0 Å². The number of hydrogen-bond donors (Lipinski definition) is 1. The molecule has 0 spiro atoms. The molecule has 1 aliphatic heterocycles. The third-order valence-electron chi connectivity index (χ3n) is 4.38. The van der Waals surface area contributed by atoms with Crippen molar-refractivity contribution in [3.63, 3.8) is 0 Å². The Kier molecular flexibility index (Phi) is 3.44. The highest BCUT2D eigenvalue weighted by atomic mass is 15.3. The van der Waals surface area contributed by atoms with Crippen LogP contribution in [-0.4, -0.2) is 30.8 Å². The summed E-state index contributed by atoms with van der Waals surface area (Å²) >= 11 is 0. The van der Waals surface area contributed by atoms with E-state index in [1.165, 1.54) is 0 Å². The summed E-state index contributed by atoms with van der Waals surface area (Å²) in [6, 6.07) is 8.42. The number of hydrogen-bond acceptors (Lipinski definition) is 5. The van der Waals surface area contributed by atoms with Gasteiger partial charge in [-0.2, -0.15) is 0 Å². The topological polar surface area (TPSA) is 68.5 Å². The Morgan fingerprint density at radius 1 is 1.17 bits per heavy atom. The van der Waals surface area contributed by atoms with E-state index in [4.69, 9.17) is 0 Å². The first kappa shape index (κ1) is 14.1. The Bertz CT molecular complexity index is 833. The molecular formula is C17H20N6. The van der Waals surface area contributed by atoms with E-state index < -0.39 is 0 Å². The van der Waals surface area contributed by atoms with Crippen molar-refractivity contribution in [1.29, 1.82) is 0 Å². The molecule has 3 heterocycles. The molecule has 3 aromatic rings. The van der Waals surface area contributed by atoms with Gasteiger partial charge in [0, 0.05) is 30.3 Å². The summed E-state index contributed by atoms with van der Waals surface area (Å²) in [6.45, 7) is 5.20. The van der Waals surface area contributed by atoms with Gasteiger partial charge in [-0.25, -0.2) is 9.97 Å². The highest BCUT2D eigenvalue weighted by molar-refractivity contribution is 5.88. The van der Waals surface area contributed by atoms with Gasteiger partial charge in [0.2, 0.25) is 0 Å². The molecule has 6 nitrogen and oxygen atoms in total. The maximum Gasteiger partial charge on any atom is 0.137 e. The summed E-state index contributed by atoms with van der Waals surface area (Å²) in [6.07, 6.45) is 3.60. The molecule has 118 valence electrons. The van der Waals surface area contributed by atoms with E-state index in [0.717, 1.165) is 47.8 Å². The van der Waals surface area contributed by atoms with Gasteiger partial charge in [-0.1, -0.05) is 26.0 Å². The Hall–Kier alpha value is -2.50. The minimum absolute atomic E-state index is 0.328. The minimum Gasteiger partial charge on any atom is -0.365 e. The van der Waals surface area contributed by atoms with Gasteiger partial charge in [0.1, 0.15) is 23.8 Å². The second kappa shape index (κ2) is 5.61. The lowest BCUT2D eigenvalue weighted by atomic mass is 10.1. The summed E-state index contributed by atoms with van der Waals surface area (Å²) < 4.78 is 2.26. The first-order valence-corrected chi connectivity index (χ1v) is 8.10. The largest absolute Gasteiger partial charge is 0.365 e. The van der Waals surface area contributed by atoms with Crippen LogP contribution in [-0.2, 0) is 13.0 Å². The monoisotopic (exact) mass is 308 g/mol. The molecule has 1 N–H and O–H groups in total. The van der Waals surface area contributed by atoms with Crippen molar-refractivity contribution in [1.82, 2.24) is 24.7 Å². The van der Waals surface area contributed by atoms with Gasteiger partial charge in [0.25, 0.3) is 0 Å². The number of anilines is 1. The van der Waals surface area contributed by atoms with Crippen molar-refractivity contribution in [2.45, 2.75) is 45.2 Å². The summed E-state index contributed by atoms with van der Waals surface area (Å²) in [5.74, 6) is 3.46. The van der Waals surface area contributed by atoms with E-state index in [1.807, 2.05) is 18.2 Å². The summed E-state index contributed by atoms with van der Waals surface area (Å²) in [5, 5.41) is 13.3. The van der Waals surface area contributed by atoms with Crippen LogP contribution in [0.2, 0.25) is 0 Å². The molecule has 1 atom stereocenters. The zero-order valence-corrected chi connectivity index (χ0v) is 13.4. The van der Waals surface area contributed by atoms with E-state index in [0.29, 0.717) is 12.0 Å². The summed E-state index contributed by atoms with van der Waals surface area (Å²) in [7, 11) is 0. The van der Waals surface area contributed by atoms with E-state index in [1.54, 1.807) is 6.33 Å². The van der Waals surface area contributed by atoms with E-state index in [9.17, 15) is 0 Å². The predicted octanol–water partition coefficient (Wildman–Crippen LogP) is 2.77. The average Bonchev–Trinajstić information content (AvgIpc) is 2.99. The molecule has 6 heteroatoms. The van der Waals surface area contributed by atoms with Crippen LogP contribution < -0.4 is 5.32 Å². The van der Waals surface area contributed by atoms with Gasteiger partial charge < -0.3 is 9.88 Å². The minimum atomic E-state index is 0.328. The third-order valence-corrected chi connectivity index (χ3v) is 4.38. The highest BCUT2D eigenvalue weighted by Gasteiger charge is 2.24. The molecular weight excluding hydrogens is 288 g/mol. The van der Waals surface area contributed by atoms with Crippen molar-refractivity contribution >= 4 is 16.7 Å². The average molecular weight is 308 g/mol. The maximum atomic E-state index is 4.44. The number of nitrogens with zero attached hydrogens (tertiary/aromatic N) is 5. The van der Waals surface area contributed by atoms with Crippen LogP contribution >= 0.6 is 0 Å². The fourth-order valence-corrected chi connectivity index (χ4v) is 3.21. The molecule has 0 bridgehead atoms. The summed E-state index contributed by atoms with van der Waals surface area (Å²) in [5.41, 5.74) is 0.966. The molecule has 0 fully saturated rings. The Labute approximate surface area is 135 Å². The smallest absolute Gasteiger partial charge is 0.137 e. The van der Waals surface area contributed by atoms with Crippen LogP contribution in [0.15, 0.2) is 30.6 Å². The molecule has 1 aliphatic rings. The fraction of sp³-hybridized carbons (Fsp3) is 0.412. The second-order valence-corrected chi connectivity index (χ2v) is 6.36. The quantitative estimate of drug-likeness (QED) is 0.806. The number of para-hydroxylation sites is 1. The van der Waals surface area contributed by atoms with Gasteiger partial charge in [0.05, 0.1) is 5.52 Å². The zero-order valence-electron chi connectivity index (χ0n) is 13.4. The molecule has 2 aromatic heterocycles. The van der Waals surface area contributed by atoms with Gasteiger partial charge in [-0.05, 0) is 18.6 Å². The molecule has 0 radical (unpaired) electrons. The highest BCUT2D eigenvalue weighted by Crippen LogP contribution is 2.24. The molecule has 1 aromatic carbocycles. The molecule has 0 saturated heterocycles. The van der Waals surface area contributed by atoms with Crippen LogP contribution in [0.3, 0.4) is 0 Å². The third kappa shape index (κ3) is 2.54. The van der Waals surface area contributed by atoms with Crippen LogP contribution in [0.1, 0.15) is 37.8 Å². The van der Waals surface area contributed by atoms with Crippen molar-refractivity contribution in [2.75, 3.05) is 5.32 Å². The lowest BCUT2D eigenvalue weighted by molar-refractivity contribution is 0.459. The molecule has 4 rings (SSSR count). The fourth-order valence-electron chi connectivity index (χ4n) is 3.21. The Balaban J connectivity index is 1.61. The maximum absolute atomic E-state index is 4.44. The SMILES string of the molecule is CC(C)c1nnc2n1CC(Nc1ncnc3ccccc13)CC2. The Morgan fingerprint density at radius 3 is 2.91 bits per heavy atom. The van der Waals surface area contributed by atoms with Crippen molar-refractivity contribution in [3.05, 3.63) is 42.2 Å². The van der Waals surface area contributed by atoms with Crippen molar-refractivity contribution < 1.29 is 0 Å². The summed E-state index contributed by atoms with van der Waals surface area (Å²) in [4.78, 5) is 8.76. The van der Waals surface area contributed by atoms with Gasteiger partial charge in [0.15, 0.2) is 0 Å². The molecule has 0 saturated carbocycles. The van der Waals surface area contributed by atoms with Crippen LogP contribution in [0.4, 0.5) is 5.82 Å². The number of rotatable bonds is 3. The van der Waals surface area contributed by atoms with Crippen molar-refractivity contribution in [2.24, 2.45) is 0 Å². The standard InChI is InChI=1S/C17H20N6/c1-11(2)17-22-21-15-8-7-12(9-23(15)17)20-16-13-5-3-4-6-14(13)18-10-19-16/h3-6,10-12H,7-9H2,1-2H3,(H,18,19,20). The van der Waals surface area contributed by atoms with Crippen LogP contribution in [0.5, 0.6) is 0 Å². The number of benzene rings is 1. The number of aryl methyl sites for hydroxylation is 1. The van der Waals surface area contributed by atoms with E-state index in [2.05, 4.69) is 50.0 Å². The second-order valence-electron chi connectivity index (χ2n) is 6.36. The van der Waals surface area contributed by atoms with Crippen LogP contribution in [0.25, 0.3) is 10.9 Å². The van der Waals surface area contributed by atoms with Gasteiger partial charge in [-0.3, -0.25) is 0 Å². The predicted molar refractivity (Wildman–Crippen MR) is 89.4 cm³/mol. The first-order valence-electron chi connectivity index (χ1n) is 8.10. The lowest BCUT2D eigenvalue weighted by Crippen LogP contribution is -2.32.